The van der Waals surface area contributed by atoms with E-state index in [4.69, 9.17) is 4.74 Å². The summed E-state index contributed by atoms with van der Waals surface area (Å²) in [6.45, 7) is 4.42. The number of benzene rings is 1. The Morgan fingerprint density at radius 3 is 2.77 bits per heavy atom. The third kappa shape index (κ3) is 7.04. The first kappa shape index (κ1) is 25.3. The standard InChI is InChI=1S/C20H33N5O3S.HI/c1-15-11-17(14-25(15)18-7-8-18)24-20(21-2)22-13-16-5-4-6-19(12-16)29(26,27)23-9-10-28-3;/h4-6,12,15,17-18,23H,7-11,13-14H2,1-3H3,(H2,21,22,24);1H. The van der Waals surface area contributed by atoms with Crippen LogP contribution in [0.2, 0.25) is 0 Å². The summed E-state index contributed by atoms with van der Waals surface area (Å²) >= 11 is 0. The fraction of sp³-hybridized carbons (Fsp3) is 0.650. The van der Waals surface area contributed by atoms with Gasteiger partial charge in [-0.3, -0.25) is 9.89 Å². The maximum absolute atomic E-state index is 12.4. The van der Waals surface area contributed by atoms with Crippen LogP contribution in [0.4, 0.5) is 0 Å². The van der Waals surface area contributed by atoms with Crippen LogP contribution in [-0.4, -0.2) is 71.3 Å². The molecule has 1 saturated carbocycles. The van der Waals surface area contributed by atoms with Gasteiger partial charge in [0.1, 0.15) is 0 Å². The molecule has 3 rings (SSSR count). The van der Waals surface area contributed by atoms with Gasteiger partial charge in [-0.05, 0) is 43.9 Å². The van der Waals surface area contributed by atoms with E-state index >= 15 is 0 Å². The molecule has 1 aromatic rings. The van der Waals surface area contributed by atoms with Crippen LogP contribution in [0.3, 0.4) is 0 Å². The fourth-order valence-corrected chi connectivity index (χ4v) is 4.92. The molecular formula is C20H34IN5O3S. The highest BCUT2D eigenvalue weighted by atomic mass is 127. The molecule has 1 aliphatic carbocycles. The fourth-order valence-electron chi connectivity index (χ4n) is 3.83. The summed E-state index contributed by atoms with van der Waals surface area (Å²) in [6.07, 6.45) is 3.76. The summed E-state index contributed by atoms with van der Waals surface area (Å²) in [4.78, 5) is 7.17. The molecule has 0 radical (unpaired) electrons. The number of hydrogen-bond donors (Lipinski definition) is 3. The van der Waals surface area contributed by atoms with Gasteiger partial charge in [0.05, 0.1) is 11.5 Å². The number of nitrogens with zero attached hydrogens (tertiary/aromatic N) is 2. The first-order valence-corrected chi connectivity index (χ1v) is 11.7. The molecule has 1 aliphatic heterocycles. The van der Waals surface area contributed by atoms with Crippen LogP contribution in [0.25, 0.3) is 0 Å². The lowest BCUT2D eigenvalue weighted by Crippen LogP contribution is -2.44. The second-order valence-electron chi connectivity index (χ2n) is 7.82. The van der Waals surface area contributed by atoms with Gasteiger partial charge in [0.2, 0.25) is 10.0 Å². The van der Waals surface area contributed by atoms with E-state index in [1.807, 2.05) is 6.07 Å². The lowest BCUT2D eigenvalue weighted by atomic mass is 10.2. The predicted octanol–water partition coefficient (Wildman–Crippen LogP) is 1.52. The number of likely N-dealkylation sites (tertiary alicyclic amines) is 1. The molecule has 1 saturated heterocycles. The molecule has 1 heterocycles. The predicted molar refractivity (Wildman–Crippen MR) is 130 cm³/mol. The van der Waals surface area contributed by atoms with E-state index < -0.39 is 10.0 Å². The number of ether oxygens (including phenoxy) is 1. The largest absolute Gasteiger partial charge is 0.383 e. The van der Waals surface area contributed by atoms with E-state index in [1.54, 1.807) is 25.2 Å². The molecule has 0 aromatic heterocycles. The molecule has 10 heteroatoms. The van der Waals surface area contributed by atoms with Gasteiger partial charge < -0.3 is 15.4 Å². The van der Waals surface area contributed by atoms with E-state index in [1.165, 1.54) is 20.0 Å². The maximum Gasteiger partial charge on any atom is 0.240 e. The molecule has 3 N–H and O–H groups in total. The summed E-state index contributed by atoms with van der Waals surface area (Å²) in [6, 6.07) is 8.69. The number of sulfonamides is 1. The lowest BCUT2D eigenvalue weighted by molar-refractivity contribution is 0.204. The molecule has 1 aromatic carbocycles. The van der Waals surface area contributed by atoms with Crippen LogP contribution in [0.15, 0.2) is 34.2 Å². The van der Waals surface area contributed by atoms with E-state index in [-0.39, 0.29) is 35.4 Å². The summed E-state index contributed by atoms with van der Waals surface area (Å²) in [7, 11) is -0.246. The minimum absolute atomic E-state index is 0. The number of halogens is 1. The molecule has 0 spiro atoms. The summed E-state index contributed by atoms with van der Waals surface area (Å²) in [5.74, 6) is 0.742. The van der Waals surface area contributed by atoms with Crippen molar-refractivity contribution in [3.05, 3.63) is 29.8 Å². The minimum Gasteiger partial charge on any atom is -0.383 e. The molecule has 2 aliphatic rings. The van der Waals surface area contributed by atoms with Crippen LogP contribution in [0.1, 0.15) is 31.7 Å². The highest BCUT2D eigenvalue weighted by molar-refractivity contribution is 14.0. The number of guanidine groups is 1. The van der Waals surface area contributed by atoms with E-state index in [0.29, 0.717) is 25.2 Å². The van der Waals surface area contributed by atoms with Gasteiger partial charge in [0.25, 0.3) is 0 Å². The smallest absolute Gasteiger partial charge is 0.240 e. The van der Waals surface area contributed by atoms with Crippen molar-refractivity contribution < 1.29 is 13.2 Å². The van der Waals surface area contributed by atoms with Gasteiger partial charge in [-0.25, -0.2) is 13.1 Å². The van der Waals surface area contributed by atoms with Gasteiger partial charge in [-0.15, -0.1) is 24.0 Å². The summed E-state index contributed by atoms with van der Waals surface area (Å²) < 4.78 is 32.2. The van der Waals surface area contributed by atoms with Crippen LogP contribution in [0, 0.1) is 0 Å². The normalized spacial score (nSPS) is 22.6. The zero-order valence-corrected chi connectivity index (χ0v) is 21.1. The van der Waals surface area contributed by atoms with Crippen molar-refractivity contribution in [3.8, 4) is 0 Å². The highest BCUT2D eigenvalue weighted by Crippen LogP contribution is 2.33. The SMILES string of the molecule is CN=C(NCc1cccc(S(=O)(=O)NCCOC)c1)NC1CC(C)N(C2CC2)C1.I. The minimum atomic E-state index is -3.54. The Bertz CT molecular complexity index is 816. The van der Waals surface area contributed by atoms with Gasteiger partial charge >= 0.3 is 0 Å². The van der Waals surface area contributed by atoms with Crippen LogP contribution >= 0.6 is 24.0 Å². The van der Waals surface area contributed by atoms with Crippen LogP contribution < -0.4 is 15.4 Å². The Morgan fingerprint density at radius 2 is 2.10 bits per heavy atom. The Morgan fingerprint density at radius 1 is 1.33 bits per heavy atom. The van der Waals surface area contributed by atoms with Crippen LogP contribution in [0.5, 0.6) is 0 Å². The van der Waals surface area contributed by atoms with Crippen molar-refractivity contribution in [2.45, 2.75) is 55.8 Å². The Kier molecular flexibility index (Phi) is 9.79. The first-order valence-electron chi connectivity index (χ1n) is 10.2. The van der Waals surface area contributed by atoms with Crippen LogP contribution in [-0.2, 0) is 21.3 Å². The number of rotatable bonds is 9. The van der Waals surface area contributed by atoms with Crippen molar-refractivity contribution in [2.24, 2.45) is 4.99 Å². The average molecular weight is 551 g/mol. The van der Waals surface area contributed by atoms with Gasteiger partial charge in [-0.1, -0.05) is 12.1 Å². The molecule has 170 valence electrons. The third-order valence-electron chi connectivity index (χ3n) is 5.47. The van der Waals surface area contributed by atoms with Gasteiger partial charge in [0.15, 0.2) is 5.96 Å². The molecule has 8 nitrogen and oxygen atoms in total. The lowest BCUT2D eigenvalue weighted by Gasteiger charge is -2.20. The zero-order chi connectivity index (χ0) is 20.9. The van der Waals surface area contributed by atoms with E-state index in [2.05, 4.69) is 32.2 Å². The molecule has 0 bridgehead atoms. The second kappa shape index (κ2) is 11.6. The molecule has 2 atom stereocenters. The number of aliphatic imine (C=N–C) groups is 1. The van der Waals surface area contributed by atoms with E-state index in [0.717, 1.165) is 30.5 Å². The third-order valence-corrected chi connectivity index (χ3v) is 6.93. The molecule has 2 unspecified atom stereocenters. The number of methoxy groups -OCH3 is 1. The first-order chi connectivity index (χ1) is 13.9. The van der Waals surface area contributed by atoms with E-state index in [9.17, 15) is 8.42 Å². The molecular weight excluding hydrogens is 517 g/mol. The quantitative estimate of drug-likeness (QED) is 0.187. The van der Waals surface area contributed by atoms with Crippen molar-refractivity contribution in [1.82, 2.24) is 20.3 Å². The topological polar surface area (TPSA) is 95.1 Å². The Hall–Kier alpha value is -0.950. The van der Waals surface area contributed by atoms with Crippen molar-refractivity contribution in [3.63, 3.8) is 0 Å². The van der Waals surface area contributed by atoms with Gasteiger partial charge in [0, 0.05) is 51.9 Å². The van der Waals surface area contributed by atoms with Crippen molar-refractivity contribution >= 4 is 40.0 Å². The van der Waals surface area contributed by atoms with Crippen molar-refractivity contribution in [2.75, 3.05) is 33.9 Å². The summed E-state index contributed by atoms with van der Waals surface area (Å²) in [5.41, 5.74) is 0.877. The Labute approximate surface area is 197 Å². The van der Waals surface area contributed by atoms with Gasteiger partial charge in [-0.2, -0.15) is 0 Å². The monoisotopic (exact) mass is 551 g/mol. The zero-order valence-electron chi connectivity index (χ0n) is 17.9. The average Bonchev–Trinajstić information content (AvgIpc) is 3.48. The Balaban J connectivity index is 0.00000320. The molecule has 0 amide bonds. The molecule has 30 heavy (non-hydrogen) atoms. The summed E-state index contributed by atoms with van der Waals surface area (Å²) in [5, 5.41) is 6.81. The second-order valence-corrected chi connectivity index (χ2v) is 9.58. The number of nitrogens with one attached hydrogen (secondary N) is 3. The number of hydrogen-bond acceptors (Lipinski definition) is 5. The highest BCUT2D eigenvalue weighted by Gasteiger charge is 2.38. The molecule has 2 fully saturated rings. The maximum atomic E-state index is 12.4. The van der Waals surface area contributed by atoms with Crippen molar-refractivity contribution in [1.29, 1.82) is 0 Å².